The smallest absolute Gasteiger partial charge is 0.106 e. The van der Waals surface area contributed by atoms with Crippen molar-refractivity contribution in [2.45, 2.75) is 116 Å². The van der Waals surface area contributed by atoms with Crippen LogP contribution in [0.5, 0.6) is 0 Å². The Balaban J connectivity index is 1.40. The number of ether oxygens (including phenoxy) is 1. The number of aliphatic hydroxyl groups is 3. The van der Waals surface area contributed by atoms with Crippen LogP contribution in [0.2, 0.25) is 0 Å². The van der Waals surface area contributed by atoms with Crippen molar-refractivity contribution < 1.29 is 20.1 Å². The van der Waals surface area contributed by atoms with Crippen LogP contribution in [-0.2, 0) is 4.74 Å². The van der Waals surface area contributed by atoms with Gasteiger partial charge in [0, 0.05) is 0 Å². The Hall–Kier alpha value is -0.420. The van der Waals surface area contributed by atoms with Crippen LogP contribution >= 0.6 is 0 Å². The predicted octanol–water partition coefficient (Wildman–Crippen LogP) is 4.46. The van der Waals surface area contributed by atoms with E-state index in [4.69, 9.17) is 4.74 Å². The van der Waals surface area contributed by atoms with Crippen LogP contribution in [0, 0.1) is 40.4 Å². The molecule has 0 aromatic rings. The van der Waals surface area contributed by atoms with Gasteiger partial charge in [0.2, 0.25) is 0 Å². The van der Waals surface area contributed by atoms with Gasteiger partial charge in [0.25, 0.3) is 0 Å². The van der Waals surface area contributed by atoms with E-state index < -0.39 is 18.3 Å². The Morgan fingerprint density at radius 1 is 0.903 bits per heavy atom. The van der Waals surface area contributed by atoms with Gasteiger partial charge in [-0.2, -0.15) is 0 Å². The quantitative estimate of drug-likeness (QED) is 0.564. The molecule has 4 heteroatoms. The summed E-state index contributed by atoms with van der Waals surface area (Å²) in [6, 6.07) is 0. The molecule has 1 saturated heterocycles. The molecule has 1 aliphatic heterocycles. The summed E-state index contributed by atoms with van der Waals surface area (Å²) in [6.45, 7) is 11.7. The molecule has 176 valence electrons. The Morgan fingerprint density at radius 2 is 1.61 bits per heavy atom. The van der Waals surface area contributed by atoms with Gasteiger partial charge < -0.3 is 20.1 Å². The monoisotopic (exact) mass is 432 g/mol. The van der Waals surface area contributed by atoms with Crippen LogP contribution in [0.15, 0.2) is 11.6 Å². The molecule has 11 atom stereocenters. The fourth-order valence-electron chi connectivity index (χ4n) is 9.19. The van der Waals surface area contributed by atoms with E-state index in [0.29, 0.717) is 41.6 Å². The first-order valence-electron chi connectivity index (χ1n) is 12.9. The highest BCUT2D eigenvalue weighted by Gasteiger charge is 2.61. The molecule has 3 saturated carbocycles. The maximum atomic E-state index is 10.8. The molecule has 0 bridgehead atoms. The minimum absolute atomic E-state index is 0.0260. The summed E-state index contributed by atoms with van der Waals surface area (Å²) < 4.78 is 6.48. The molecule has 1 heterocycles. The number of hydrogen-bond acceptors (Lipinski definition) is 4. The predicted molar refractivity (Wildman–Crippen MR) is 121 cm³/mol. The fourth-order valence-corrected chi connectivity index (χ4v) is 9.19. The van der Waals surface area contributed by atoms with E-state index >= 15 is 0 Å². The van der Waals surface area contributed by atoms with Gasteiger partial charge in [0.15, 0.2) is 0 Å². The Bertz CT molecular complexity index is 746. The maximum Gasteiger partial charge on any atom is 0.106 e. The molecular formula is C27H44O4. The van der Waals surface area contributed by atoms with E-state index in [1.54, 1.807) is 5.57 Å². The highest BCUT2D eigenvalue weighted by atomic mass is 16.5. The van der Waals surface area contributed by atoms with E-state index in [-0.39, 0.29) is 16.9 Å². The van der Waals surface area contributed by atoms with E-state index in [2.05, 4.69) is 40.7 Å². The summed E-state index contributed by atoms with van der Waals surface area (Å²) in [5.74, 6) is 2.39. The van der Waals surface area contributed by atoms with E-state index in [0.717, 1.165) is 12.8 Å². The molecule has 0 aromatic heterocycles. The van der Waals surface area contributed by atoms with Crippen molar-refractivity contribution in [3.63, 3.8) is 0 Å². The summed E-state index contributed by atoms with van der Waals surface area (Å²) in [4.78, 5) is 0. The minimum atomic E-state index is -1.01. The van der Waals surface area contributed by atoms with Gasteiger partial charge in [0.05, 0.1) is 23.9 Å². The number of rotatable bonds is 2. The highest BCUT2D eigenvalue weighted by molar-refractivity contribution is 5.29. The standard InChI is InChI=1S/C27H44O4/c1-15(22-11-12-25(2,3)31-22)17-8-9-18-16-6-7-20-23(29)24(30)21(28)14-27(20,5)19(16)10-13-26(17,18)4/h6,15,17-24,28-30H,7-14H2,1-5H3. The third-order valence-corrected chi connectivity index (χ3v) is 11.0. The van der Waals surface area contributed by atoms with Crippen molar-refractivity contribution >= 4 is 0 Å². The molecule has 5 rings (SSSR count). The maximum absolute atomic E-state index is 10.8. The van der Waals surface area contributed by atoms with Crippen LogP contribution in [0.25, 0.3) is 0 Å². The van der Waals surface area contributed by atoms with E-state index in [9.17, 15) is 15.3 Å². The normalized spacial score (nSPS) is 54.5. The zero-order chi connectivity index (χ0) is 22.3. The first-order valence-corrected chi connectivity index (χ1v) is 12.9. The second-order valence-corrected chi connectivity index (χ2v) is 13.0. The molecule has 0 aromatic carbocycles. The number of fused-ring (bicyclic) bond motifs is 5. The third-order valence-electron chi connectivity index (χ3n) is 11.0. The zero-order valence-electron chi connectivity index (χ0n) is 20.2. The molecule has 0 spiro atoms. The van der Waals surface area contributed by atoms with E-state index in [1.165, 1.54) is 32.1 Å². The Kier molecular flexibility index (Phi) is 5.26. The highest BCUT2D eigenvalue weighted by Crippen LogP contribution is 2.67. The van der Waals surface area contributed by atoms with Crippen molar-refractivity contribution in [3.8, 4) is 0 Å². The average molecular weight is 433 g/mol. The van der Waals surface area contributed by atoms with Crippen molar-refractivity contribution in [3.05, 3.63) is 11.6 Å². The lowest BCUT2D eigenvalue weighted by atomic mass is 9.47. The van der Waals surface area contributed by atoms with Crippen molar-refractivity contribution in [1.29, 1.82) is 0 Å². The molecule has 4 nitrogen and oxygen atoms in total. The van der Waals surface area contributed by atoms with Gasteiger partial charge in [-0.1, -0.05) is 32.4 Å². The summed E-state index contributed by atoms with van der Waals surface area (Å²) in [5, 5.41) is 31.6. The lowest BCUT2D eigenvalue weighted by molar-refractivity contribution is -0.174. The van der Waals surface area contributed by atoms with Crippen LogP contribution in [0.3, 0.4) is 0 Å². The number of allylic oxidation sites excluding steroid dienone is 2. The van der Waals surface area contributed by atoms with Gasteiger partial charge in [-0.05, 0) is 106 Å². The van der Waals surface area contributed by atoms with Gasteiger partial charge in [0.1, 0.15) is 6.10 Å². The minimum Gasteiger partial charge on any atom is -0.390 e. The second kappa shape index (κ2) is 7.29. The molecule has 5 aliphatic rings. The van der Waals surface area contributed by atoms with Crippen LogP contribution in [0.4, 0.5) is 0 Å². The lowest BCUT2D eigenvalue weighted by Crippen LogP contribution is -2.59. The molecule has 0 amide bonds. The SMILES string of the molecule is CC(C1CCC(C)(C)O1)C1CCC2C3=CCC4C(O)C(O)C(O)CC4(C)C3CCC21C. The third kappa shape index (κ3) is 3.22. The summed E-state index contributed by atoms with van der Waals surface area (Å²) in [5.41, 5.74) is 1.85. The molecular weight excluding hydrogens is 388 g/mol. The molecule has 31 heavy (non-hydrogen) atoms. The van der Waals surface area contributed by atoms with Crippen molar-refractivity contribution in [2.75, 3.05) is 0 Å². The van der Waals surface area contributed by atoms with Gasteiger partial charge in [-0.15, -0.1) is 0 Å². The fraction of sp³-hybridized carbons (Fsp3) is 0.926. The van der Waals surface area contributed by atoms with Gasteiger partial charge >= 0.3 is 0 Å². The summed E-state index contributed by atoms with van der Waals surface area (Å²) >= 11 is 0. The molecule has 3 N–H and O–H groups in total. The number of aliphatic hydroxyl groups excluding tert-OH is 3. The van der Waals surface area contributed by atoms with E-state index in [1.807, 2.05) is 0 Å². The Morgan fingerprint density at radius 3 is 2.29 bits per heavy atom. The largest absolute Gasteiger partial charge is 0.390 e. The van der Waals surface area contributed by atoms with Crippen LogP contribution < -0.4 is 0 Å². The number of hydrogen-bond donors (Lipinski definition) is 3. The van der Waals surface area contributed by atoms with Gasteiger partial charge in [-0.3, -0.25) is 0 Å². The first-order chi connectivity index (χ1) is 14.5. The first kappa shape index (κ1) is 22.4. The molecule has 4 aliphatic carbocycles. The van der Waals surface area contributed by atoms with Crippen molar-refractivity contribution in [1.82, 2.24) is 0 Å². The summed E-state index contributed by atoms with van der Waals surface area (Å²) in [6.07, 6.45) is 8.89. The zero-order valence-corrected chi connectivity index (χ0v) is 20.2. The van der Waals surface area contributed by atoms with Crippen molar-refractivity contribution in [2.24, 2.45) is 40.4 Å². The van der Waals surface area contributed by atoms with Crippen LogP contribution in [-0.4, -0.2) is 45.3 Å². The lowest BCUT2D eigenvalue weighted by Gasteiger charge is -2.59. The van der Waals surface area contributed by atoms with Crippen LogP contribution in [0.1, 0.15) is 86.0 Å². The topological polar surface area (TPSA) is 69.9 Å². The average Bonchev–Trinajstić information content (AvgIpc) is 3.24. The molecule has 11 unspecified atom stereocenters. The second-order valence-electron chi connectivity index (χ2n) is 13.0. The Labute approximate surface area is 188 Å². The summed E-state index contributed by atoms with van der Waals surface area (Å²) in [7, 11) is 0. The molecule has 4 fully saturated rings. The molecule has 0 radical (unpaired) electrons. The van der Waals surface area contributed by atoms with Gasteiger partial charge in [-0.25, -0.2) is 0 Å².